The van der Waals surface area contributed by atoms with E-state index >= 15 is 0 Å². The predicted octanol–water partition coefficient (Wildman–Crippen LogP) is 23.7. The topological polar surface area (TPSA) is 72.8 Å². The molecule has 0 bridgehead atoms. The lowest BCUT2D eigenvalue weighted by atomic mass is 10.0. The van der Waals surface area contributed by atoms with Crippen molar-refractivity contribution in [2.24, 2.45) is 0 Å². The van der Waals surface area contributed by atoms with Crippen LogP contribution in [-0.2, 0) is 19.1 Å². The zero-order chi connectivity index (χ0) is 56.2. The first kappa shape index (κ1) is 75.1. The van der Waals surface area contributed by atoms with Crippen molar-refractivity contribution >= 4 is 11.9 Å². The van der Waals surface area contributed by atoms with Crippen LogP contribution in [0.3, 0.4) is 0 Å². The Labute approximate surface area is 486 Å². The Kier molecular flexibility index (Phi) is 65.8. The van der Waals surface area contributed by atoms with Crippen LogP contribution in [0, 0.1) is 0 Å². The van der Waals surface area contributed by atoms with Crippen molar-refractivity contribution in [3.05, 3.63) is 85.1 Å². The van der Waals surface area contributed by atoms with E-state index in [4.69, 9.17) is 9.47 Å². The molecule has 0 radical (unpaired) electrons. The molecule has 1 unspecified atom stereocenters. The summed E-state index contributed by atoms with van der Waals surface area (Å²) in [4.78, 5) is 24.6. The van der Waals surface area contributed by atoms with Crippen molar-refractivity contribution in [2.75, 3.05) is 13.2 Å². The third-order valence-electron chi connectivity index (χ3n) is 15.2. The lowest BCUT2D eigenvalue weighted by Crippen LogP contribution is -2.28. The standard InChI is InChI=1S/C73H130O5/c1-3-5-7-9-11-13-15-17-19-21-23-25-27-29-31-32-33-34-35-36-37-38-39-40-42-43-45-47-49-51-53-55-57-59-61-63-65-67-72(75)77-70-71(69-74)78-73(76)68-66-64-62-60-58-56-54-52-50-48-46-44-41-30-28-26-24-22-20-18-16-14-12-10-8-6-4-2/h6,8,12,14,18,20-21,23-24,26,30,41,46,48,71,74H,3-5,7,9-11,13,15-17,19,22,25,27-29,31-40,42-45,47,49-70H2,1-2H3/b8-6-,14-12-,20-18-,23-21-,26-24-,41-30-,48-46-. The first-order chi connectivity index (χ1) is 38.6. The molecule has 452 valence electrons. The third-order valence-corrected chi connectivity index (χ3v) is 15.2. The molecule has 1 N–H and O–H groups in total. The molecule has 78 heavy (non-hydrogen) atoms. The molecule has 0 amide bonds. The minimum atomic E-state index is -0.781. The molecule has 0 heterocycles. The first-order valence-electron chi connectivity index (χ1n) is 34.1. The molecule has 0 rings (SSSR count). The van der Waals surface area contributed by atoms with Crippen LogP contribution in [0.2, 0.25) is 0 Å². The van der Waals surface area contributed by atoms with E-state index in [1.54, 1.807) is 0 Å². The highest BCUT2D eigenvalue weighted by molar-refractivity contribution is 5.70. The van der Waals surface area contributed by atoms with Gasteiger partial charge in [-0.2, -0.15) is 0 Å². The fourth-order valence-electron chi connectivity index (χ4n) is 10.1. The highest BCUT2D eigenvalue weighted by Crippen LogP contribution is 2.18. The number of esters is 2. The van der Waals surface area contributed by atoms with Crippen LogP contribution in [0.4, 0.5) is 0 Å². The smallest absolute Gasteiger partial charge is 0.306 e. The van der Waals surface area contributed by atoms with Crippen molar-refractivity contribution in [3.8, 4) is 0 Å². The number of hydrogen-bond acceptors (Lipinski definition) is 5. The number of hydrogen-bond donors (Lipinski definition) is 1. The van der Waals surface area contributed by atoms with Gasteiger partial charge in [0, 0.05) is 12.8 Å². The van der Waals surface area contributed by atoms with Crippen molar-refractivity contribution < 1.29 is 24.2 Å². The molecule has 5 nitrogen and oxygen atoms in total. The lowest BCUT2D eigenvalue weighted by Gasteiger charge is -2.15. The number of aliphatic hydroxyl groups is 1. The number of carbonyl (C=O) groups is 2. The molecule has 0 fully saturated rings. The van der Waals surface area contributed by atoms with Gasteiger partial charge >= 0.3 is 11.9 Å². The van der Waals surface area contributed by atoms with E-state index in [-0.39, 0.29) is 25.2 Å². The molecular formula is C73H130O5. The Morgan fingerprint density at radius 3 is 0.846 bits per heavy atom. The molecule has 5 heteroatoms. The molecule has 0 aliphatic rings. The van der Waals surface area contributed by atoms with E-state index in [1.165, 1.54) is 238 Å². The molecule has 0 aliphatic heterocycles. The van der Waals surface area contributed by atoms with E-state index in [1.807, 2.05) is 0 Å². The number of carbonyl (C=O) groups excluding carboxylic acids is 2. The van der Waals surface area contributed by atoms with Gasteiger partial charge in [-0.3, -0.25) is 9.59 Å². The highest BCUT2D eigenvalue weighted by atomic mass is 16.6. The average Bonchev–Trinajstić information content (AvgIpc) is 3.44. The van der Waals surface area contributed by atoms with E-state index in [9.17, 15) is 14.7 Å². The highest BCUT2D eigenvalue weighted by Gasteiger charge is 2.16. The van der Waals surface area contributed by atoms with E-state index in [0.29, 0.717) is 12.8 Å². The van der Waals surface area contributed by atoms with E-state index in [2.05, 4.69) is 98.9 Å². The van der Waals surface area contributed by atoms with E-state index in [0.717, 1.165) is 83.5 Å². The molecule has 0 saturated carbocycles. The Balaban J connectivity index is 3.43. The van der Waals surface area contributed by atoms with Crippen LogP contribution in [0.15, 0.2) is 85.1 Å². The summed E-state index contributed by atoms with van der Waals surface area (Å²) in [6.07, 6.45) is 96.1. The van der Waals surface area contributed by atoms with Crippen LogP contribution in [0.25, 0.3) is 0 Å². The summed E-state index contributed by atoms with van der Waals surface area (Å²) in [5, 5.41) is 9.69. The normalized spacial score (nSPS) is 12.7. The Morgan fingerprint density at radius 2 is 0.551 bits per heavy atom. The molecule has 0 saturated heterocycles. The summed E-state index contributed by atoms with van der Waals surface area (Å²) in [5.41, 5.74) is 0. The van der Waals surface area contributed by atoms with Gasteiger partial charge in [0.15, 0.2) is 6.10 Å². The lowest BCUT2D eigenvalue weighted by molar-refractivity contribution is -0.161. The number of allylic oxidation sites excluding steroid dienone is 14. The van der Waals surface area contributed by atoms with Gasteiger partial charge < -0.3 is 14.6 Å². The van der Waals surface area contributed by atoms with E-state index < -0.39 is 6.10 Å². The number of ether oxygens (including phenoxy) is 2. The number of aliphatic hydroxyl groups excluding tert-OH is 1. The minimum absolute atomic E-state index is 0.0696. The largest absolute Gasteiger partial charge is 0.462 e. The van der Waals surface area contributed by atoms with Crippen LogP contribution >= 0.6 is 0 Å². The molecule has 0 aliphatic carbocycles. The second-order valence-electron chi connectivity index (χ2n) is 22.9. The summed E-state index contributed by atoms with van der Waals surface area (Å²) in [6.45, 7) is 4.06. The fraction of sp³-hybridized carbons (Fsp3) is 0.781. The van der Waals surface area contributed by atoms with Gasteiger partial charge in [-0.25, -0.2) is 0 Å². The van der Waals surface area contributed by atoms with Gasteiger partial charge in [-0.05, 0) is 89.9 Å². The monoisotopic (exact) mass is 1090 g/mol. The molecule has 0 aromatic rings. The summed E-state index contributed by atoms with van der Waals surface area (Å²) < 4.78 is 10.7. The fourth-order valence-corrected chi connectivity index (χ4v) is 10.1. The Morgan fingerprint density at radius 1 is 0.308 bits per heavy atom. The SMILES string of the molecule is CC/C=C\C/C=C\C/C=C\C/C=C\C/C=C\C/C=C\CCCCCCCCCCC(=O)OC(CO)COC(=O)CCCCCCCCCCCCCCCCCCCCCCCCCCC/C=C\CCCCCCCCCC. The van der Waals surface area contributed by atoms with Crippen LogP contribution < -0.4 is 0 Å². The van der Waals surface area contributed by atoms with Gasteiger partial charge in [-0.15, -0.1) is 0 Å². The third kappa shape index (κ3) is 65.6. The average molecular weight is 1090 g/mol. The quantitative estimate of drug-likeness (QED) is 0.0373. The molecule has 0 aromatic carbocycles. The van der Waals surface area contributed by atoms with Gasteiger partial charge in [0.25, 0.3) is 0 Å². The van der Waals surface area contributed by atoms with Crippen molar-refractivity contribution in [1.82, 2.24) is 0 Å². The first-order valence-corrected chi connectivity index (χ1v) is 34.1. The molecule has 1 atom stereocenters. The van der Waals surface area contributed by atoms with Crippen molar-refractivity contribution in [3.63, 3.8) is 0 Å². The predicted molar refractivity (Wildman–Crippen MR) is 343 cm³/mol. The maximum absolute atomic E-state index is 12.3. The molecule has 0 spiro atoms. The molecular weight excluding hydrogens is 957 g/mol. The maximum atomic E-state index is 12.3. The number of unbranched alkanes of at least 4 members (excludes halogenated alkanes) is 41. The van der Waals surface area contributed by atoms with Crippen LogP contribution in [-0.4, -0.2) is 36.4 Å². The van der Waals surface area contributed by atoms with Gasteiger partial charge in [0.05, 0.1) is 6.61 Å². The molecule has 0 aromatic heterocycles. The second kappa shape index (κ2) is 68.4. The zero-order valence-corrected chi connectivity index (χ0v) is 51.9. The van der Waals surface area contributed by atoms with Crippen LogP contribution in [0.5, 0.6) is 0 Å². The van der Waals surface area contributed by atoms with Crippen molar-refractivity contribution in [2.45, 2.75) is 354 Å². The number of rotatable bonds is 63. The maximum Gasteiger partial charge on any atom is 0.306 e. The zero-order valence-electron chi connectivity index (χ0n) is 51.9. The minimum Gasteiger partial charge on any atom is -0.462 e. The van der Waals surface area contributed by atoms with Gasteiger partial charge in [0.2, 0.25) is 0 Å². The summed E-state index contributed by atoms with van der Waals surface area (Å²) in [7, 11) is 0. The second-order valence-corrected chi connectivity index (χ2v) is 22.9. The van der Waals surface area contributed by atoms with Crippen molar-refractivity contribution in [1.29, 1.82) is 0 Å². The summed E-state index contributed by atoms with van der Waals surface area (Å²) >= 11 is 0. The Bertz CT molecular complexity index is 1420. The van der Waals surface area contributed by atoms with Gasteiger partial charge in [0.1, 0.15) is 6.61 Å². The van der Waals surface area contributed by atoms with Crippen LogP contribution in [0.1, 0.15) is 348 Å². The summed E-state index contributed by atoms with van der Waals surface area (Å²) in [5.74, 6) is -0.589. The summed E-state index contributed by atoms with van der Waals surface area (Å²) in [6, 6.07) is 0. The van der Waals surface area contributed by atoms with Gasteiger partial charge in [-0.1, -0.05) is 330 Å². The Hall–Kier alpha value is -2.92.